The Morgan fingerprint density at radius 2 is 2.25 bits per heavy atom. The predicted octanol–water partition coefficient (Wildman–Crippen LogP) is -0.958. The molecule has 1 unspecified atom stereocenters. The number of aliphatic hydroxyl groups excluding tert-OH is 3. The molecule has 5 N–H and O–H groups in total. The molecule has 2 heterocycles. The molecule has 0 aromatic rings. The van der Waals surface area contributed by atoms with Gasteiger partial charge in [0.25, 0.3) is 0 Å². The molecule has 1 saturated heterocycles. The minimum atomic E-state index is -1.74. The Morgan fingerprint density at radius 1 is 1.60 bits per heavy atom. The van der Waals surface area contributed by atoms with Crippen LogP contribution in [0.2, 0.25) is 0 Å². The van der Waals surface area contributed by atoms with Crippen LogP contribution < -0.4 is 5.73 Å². The largest absolute Gasteiger partial charge is 0.393 e. The van der Waals surface area contributed by atoms with E-state index in [0.717, 1.165) is 11.1 Å². The highest BCUT2D eigenvalue weighted by Gasteiger charge is 2.60. The molecule has 2 aliphatic heterocycles. The lowest BCUT2D eigenvalue weighted by Crippen LogP contribution is -2.60. The van der Waals surface area contributed by atoms with E-state index in [4.69, 9.17) is 33.7 Å². The maximum Gasteiger partial charge on any atom is 0.228 e. The zero-order valence-electron chi connectivity index (χ0n) is 10.2. The van der Waals surface area contributed by atoms with Gasteiger partial charge in [-0.3, -0.25) is 0 Å². The molecule has 2 rings (SSSR count). The quantitative estimate of drug-likeness (QED) is 0.392. The lowest BCUT2D eigenvalue weighted by molar-refractivity contribution is -0.0840. The van der Waals surface area contributed by atoms with Gasteiger partial charge in [0.05, 0.1) is 19.1 Å². The van der Waals surface area contributed by atoms with E-state index in [9.17, 15) is 19.7 Å². The van der Waals surface area contributed by atoms with Crippen molar-refractivity contribution in [1.29, 1.82) is 0 Å². The molecule has 2 aliphatic rings. The predicted molar refractivity (Wildman–Crippen MR) is 69.7 cm³/mol. The highest BCUT2D eigenvalue weighted by Crippen LogP contribution is 2.43. The number of nitrogens with two attached hydrogens (primary N) is 1. The summed E-state index contributed by atoms with van der Waals surface area (Å²) in [7, 11) is 0. The summed E-state index contributed by atoms with van der Waals surface area (Å²) in [6.45, 7) is -0.896. The molecule has 0 spiro atoms. The van der Waals surface area contributed by atoms with Crippen molar-refractivity contribution in [1.82, 2.24) is 4.90 Å². The maximum atomic E-state index is 13.5. The first kappa shape index (κ1) is 15.7. The second kappa shape index (κ2) is 5.28. The van der Waals surface area contributed by atoms with Gasteiger partial charge in [-0.2, -0.15) is 0 Å². The zero-order valence-corrected chi connectivity index (χ0v) is 11.7. The molecular formula is C10H14Cl2FN3O4. The number of halogens is 3. The summed E-state index contributed by atoms with van der Waals surface area (Å²) in [6, 6.07) is 0. The highest BCUT2D eigenvalue weighted by atomic mass is 35.5. The van der Waals surface area contributed by atoms with E-state index in [1.807, 2.05) is 0 Å². The summed E-state index contributed by atoms with van der Waals surface area (Å²) in [5.74, 6) is -1.62. The van der Waals surface area contributed by atoms with Crippen LogP contribution in [0.15, 0.2) is 17.0 Å². The smallest absolute Gasteiger partial charge is 0.228 e. The Bertz CT molecular complexity index is 460. The molecule has 0 aliphatic carbocycles. The molecule has 0 aromatic carbocycles. The SMILES string of the molecule is NC1=NC(O)N([C@@]2(Cl)CO[C@@](CO)(CCl)[C@H]2O)C=C1F. The van der Waals surface area contributed by atoms with Crippen molar-refractivity contribution in [2.75, 3.05) is 19.1 Å². The second-order valence-corrected chi connectivity index (χ2v) is 5.53. The van der Waals surface area contributed by atoms with Crippen LogP contribution in [0.5, 0.6) is 0 Å². The van der Waals surface area contributed by atoms with E-state index in [2.05, 4.69) is 4.99 Å². The molecule has 0 amide bonds. The number of ether oxygens (including phenoxy) is 1. The lowest BCUT2D eigenvalue weighted by atomic mass is 9.96. The number of aliphatic hydroxyl groups is 3. The van der Waals surface area contributed by atoms with Crippen molar-refractivity contribution in [2.24, 2.45) is 10.7 Å². The summed E-state index contributed by atoms with van der Waals surface area (Å²) < 4.78 is 18.8. The van der Waals surface area contributed by atoms with Gasteiger partial charge in [-0.25, -0.2) is 9.38 Å². The Labute approximate surface area is 124 Å². The third-order valence-electron chi connectivity index (χ3n) is 3.40. The highest BCUT2D eigenvalue weighted by molar-refractivity contribution is 6.25. The Hall–Kier alpha value is -0.640. The van der Waals surface area contributed by atoms with Gasteiger partial charge in [0.1, 0.15) is 11.7 Å². The molecule has 0 aromatic heterocycles. The monoisotopic (exact) mass is 329 g/mol. The van der Waals surface area contributed by atoms with Gasteiger partial charge in [0.15, 0.2) is 16.7 Å². The third-order valence-corrected chi connectivity index (χ3v) is 4.37. The minimum absolute atomic E-state index is 0.235. The summed E-state index contributed by atoms with van der Waals surface area (Å²) in [5.41, 5.74) is 3.74. The average Bonchev–Trinajstić information content (AvgIpc) is 2.68. The third kappa shape index (κ3) is 2.16. The normalized spacial score (nSPS) is 41.6. The first-order valence-electron chi connectivity index (χ1n) is 5.66. The molecule has 4 atom stereocenters. The number of nitrogens with zero attached hydrogens (tertiary/aromatic N) is 2. The zero-order chi connectivity index (χ0) is 15.1. The minimum Gasteiger partial charge on any atom is -0.393 e. The molecule has 0 bridgehead atoms. The Balaban J connectivity index is 2.34. The molecular weight excluding hydrogens is 316 g/mol. The van der Waals surface area contributed by atoms with E-state index in [0.29, 0.717) is 0 Å². The summed E-state index contributed by atoms with van der Waals surface area (Å²) in [6.07, 6.45) is -2.25. The lowest BCUT2D eigenvalue weighted by Gasteiger charge is -2.41. The molecule has 0 radical (unpaired) electrons. The van der Waals surface area contributed by atoms with E-state index in [1.165, 1.54) is 0 Å². The van der Waals surface area contributed by atoms with Crippen LogP contribution in [-0.2, 0) is 4.74 Å². The van der Waals surface area contributed by atoms with Crippen molar-refractivity contribution in [2.45, 2.75) is 23.1 Å². The van der Waals surface area contributed by atoms with Gasteiger partial charge >= 0.3 is 0 Å². The molecule has 0 saturated carbocycles. The van der Waals surface area contributed by atoms with Gasteiger partial charge in [0.2, 0.25) is 6.35 Å². The van der Waals surface area contributed by atoms with Crippen molar-refractivity contribution in [3.8, 4) is 0 Å². The fraction of sp³-hybridized carbons (Fsp3) is 0.700. The van der Waals surface area contributed by atoms with E-state index in [-0.39, 0.29) is 12.5 Å². The van der Waals surface area contributed by atoms with Crippen LogP contribution in [0.25, 0.3) is 0 Å². The number of amidine groups is 1. The molecule has 114 valence electrons. The molecule has 10 heteroatoms. The standard InChI is InChI=1S/C10H14Cl2FN3O4/c11-2-9(3-17)7(18)10(12,4-20-9)16-1-5(13)6(14)15-8(16)19/h1,7-8,17-19H,2-4H2,(H2,14,15)/t7-,8?,9-,10+/m1/s1. The molecule has 7 nitrogen and oxygen atoms in total. The molecule has 1 fully saturated rings. The first-order valence-corrected chi connectivity index (χ1v) is 6.57. The maximum absolute atomic E-state index is 13.5. The topological polar surface area (TPSA) is 112 Å². The Morgan fingerprint density at radius 3 is 2.75 bits per heavy atom. The number of hydrogen-bond donors (Lipinski definition) is 4. The van der Waals surface area contributed by atoms with Gasteiger partial charge in [0, 0.05) is 6.20 Å². The molecule has 20 heavy (non-hydrogen) atoms. The van der Waals surface area contributed by atoms with Crippen LogP contribution in [0.3, 0.4) is 0 Å². The van der Waals surface area contributed by atoms with Crippen molar-refractivity contribution in [3.05, 3.63) is 12.0 Å². The fourth-order valence-corrected chi connectivity index (χ4v) is 2.81. The Kier molecular flexibility index (Phi) is 4.16. The van der Waals surface area contributed by atoms with Crippen LogP contribution in [0.1, 0.15) is 0 Å². The van der Waals surface area contributed by atoms with Crippen LogP contribution >= 0.6 is 23.2 Å². The first-order chi connectivity index (χ1) is 9.30. The van der Waals surface area contributed by atoms with Crippen LogP contribution in [0, 0.1) is 0 Å². The van der Waals surface area contributed by atoms with E-state index >= 15 is 0 Å². The van der Waals surface area contributed by atoms with Crippen LogP contribution in [0.4, 0.5) is 4.39 Å². The second-order valence-electron chi connectivity index (χ2n) is 4.61. The number of hydrogen-bond acceptors (Lipinski definition) is 7. The summed E-state index contributed by atoms with van der Waals surface area (Å²) >= 11 is 11.9. The number of aliphatic imine (C=N–C) groups is 1. The van der Waals surface area contributed by atoms with Gasteiger partial charge in [-0.05, 0) is 0 Å². The van der Waals surface area contributed by atoms with Gasteiger partial charge < -0.3 is 30.7 Å². The van der Waals surface area contributed by atoms with E-state index in [1.54, 1.807) is 0 Å². The fourth-order valence-electron chi connectivity index (χ4n) is 2.11. The average molecular weight is 330 g/mol. The van der Waals surface area contributed by atoms with E-state index < -0.39 is 41.3 Å². The van der Waals surface area contributed by atoms with Crippen molar-refractivity contribution < 1.29 is 24.4 Å². The summed E-state index contributed by atoms with van der Waals surface area (Å²) in [4.78, 5) is 2.59. The van der Waals surface area contributed by atoms with Crippen molar-refractivity contribution in [3.63, 3.8) is 0 Å². The van der Waals surface area contributed by atoms with Gasteiger partial charge in [-0.15, -0.1) is 11.6 Å². The van der Waals surface area contributed by atoms with Crippen molar-refractivity contribution >= 4 is 29.0 Å². The number of alkyl halides is 2. The number of rotatable bonds is 3. The van der Waals surface area contributed by atoms with Crippen LogP contribution in [-0.4, -0.2) is 68.2 Å². The van der Waals surface area contributed by atoms with Gasteiger partial charge in [-0.1, -0.05) is 11.6 Å². The summed E-state index contributed by atoms with van der Waals surface area (Å²) in [5, 5.41) is 29.4.